The third-order valence-electron chi connectivity index (χ3n) is 2.35. The highest BCUT2D eigenvalue weighted by atomic mass is 32.2. The lowest BCUT2D eigenvalue weighted by atomic mass is 10.3. The van der Waals surface area contributed by atoms with Gasteiger partial charge in [0.1, 0.15) is 5.75 Å². The van der Waals surface area contributed by atoms with Crippen LogP contribution in [0.15, 0.2) is 29.2 Å². The topological polar surface area (TPSA) is 21.3 Å². The van der Waals surface area contributed by atoms with E-state index in [0.29, 0.717) is 6.04 Å². The van der Waals surface area contributed by atoms with E-state index in [2.05, 4.69) is 24.4 Å². The number of thioether (sulfide) groups is 1. The predicted molar refractivity (Wildman–Crippen MR) is 66.9 cm³/mol. The number of hydrogen-bond donors (Lipinski definition) is 1. The summed E-state index contributed by atoms with van der Waals surface area (Å²) in [4.78, 5) is 1.28. The van der Waals surface area contributed by atoms with E-state index in [4.69, 9.17) is 4.74 Å². The van der Waals surface area contributed by atoms with Gasteiger partial charge in [-0.05, 0) is 44.3 Å². The van der Waals surface area contributed by atoms with Crippen LogP contribution in [0.1, 0.15) is 13.3 Å². The van der Waals surface area contributed by atoms with Crippen molar-refractivity contribution < 1.29 is 4.74 Å². The molecule has 0 fully saturated rings. The largest absolute Gasteiger partial charge is 0.497 e. The van der Waals surface area contributed by atoms with Crippen LogP contribution in [0.2, 0.25) is 0 Å². The van der Waals surface area contributed by atoms with E-state index >= 15 is 0 Å². The lowest BCUT2D eigenvalue weighted by molar-refractivity contribution is 0.413. The molecule has 0 aromatic heterocycles. The average molecular weight is 225 g/mol. The third kappa shape index (κ3) is 4.58. The Balaban J connectivity index is 2.37. The number of hydrogen-bond acceptors (Lipinski definition) is 3. The van der Waals surface area contributed by atoms with Gasteiger partial charge in [-0.1, -0.05) is 6.07 Å². The fraction of sp³-hybridized carbons (Fsp3) is 0.500. The van der Waals surface area contributed by atoms with Crippen molar-refractivity contribution in [3.63, 3.8) is 0 Å². The summed E-state index contributed by atoms with van der Waals surface area (Å²) in [6, 6.07) is 8.79. The second-order valence-electron chi connectivity index (χ2n) is 3.51. The van der Waals surface area contributed by atoms with Gasteiger partial charge in [-0.15, -0.1) is 11.8 Å². The minimum absolute atomic E-state index is 0.586. The van der Waals surface area contributed by atoms with Crippen LogP contribution in [0.25, 0.3) is 0 Å². The van der Waals surface area contributed by atoms with Gasteiger partial charge in [-0.2, -0.15) is 0 Å². The van der Waals surface area contributed by atoms with Crippen LogP contribution in [-0.2, 0) is 0 Å². The molecule has 0 bridgehead atoms. The molecule has 1 unspecified atom stereocenters. The van der Waals surface area contributed by atoms with Gasteiger partial charge in [0.2, 0.25) is 0 Å². The van der Waals surface area contributed by atoms with Crippen LogP contribution in [0, 0.1) is 0 Å². The molecule has 2 nitrogen and oxygen atoms in total. The molecule has 0 amide bonds. The summed E-state index contributed by atoms with van der Waals surface area (Å²) in [5.41, 5.74) is 0. The fourth-order valence-electron chi connectivity index (χ4n) is 1.19. The third-order valence-corrected chi connectivity index (χ3v) is 3.38. The van der Waals surface area contributed by atoms with Crippen molar-refractivity contribution in [2.45, 2.75) is 24.3 Å². The van der Waals surface area contributed by atoms with Crippen LogP contribution in [0.3, 0.4) is 0 Å². The molecule has 0 aliphatic rings. The Kier molecular flexibility index (Phi) is 5.58. The minimum atomic E-state index is 0.586. The number of benzene rings is 1. The summed E-state index contributed by atoms with van der Waals surface area (Å²) >= 11 is 1.87. The predicted octanol–water partition coefficient (Wildman–Crippen LogP) is 2.79. The molecular weight excluding hydrogens is 206 g/mol. The molecule has 0 saturated carbocycles. The molecule has 1 N–H and O–H groups in total. The highest BCUT2D eigenvalue weighted by Crippen LogP contribution is 2.23. The molecular formula is C12H19NOS. The Hall–Kier alpha value is -0.670. The molecule has 1 aromatic carbocycles. The van der Waals surface area contributed by atoms with Crippen molar-refractivity contribution in [1.29, 1.82) is 0 Å². The zero-order valence-corrected chi connectivity index (χ0v) is 10.4. The van der Waals surface area contributed by atoms with Crippen LogP contribution in [-0.4, -0.2) is 26.0 Å². The van der Waals surface area contributed by atoms with Crippen molar-refractivity contribution >= 4 is 11.8 Å². The molecule has 84 valence electrons. The van der Waals surface area contributed by atoms with Gasteiger partial charge in [-0.25, -0.2) is 0 Å². The van der Waals surface area contributed by atoms with E-state index in [1.54, 1.807) is 7.11 Å². The summed E-state index contributed by atoms with van der Waals surface area (Å²) in [6.45, 7) is 2.20. The number of ether oxygens (including phenoxy) is 1. The van der Waals surface area contributed by atoms with Gasteiger partial charge in [0, 0.05) is 10.9 Å². The fourth-order valence-corrected chi connectivity index (χ4v) is 2.27. The van der Waals surface area contributed by atoms with Crippen LogP contribution in [0.4, 0.5) is 0 Å². The Morgan fingerprint density at radius 1 is 1.47 bits per heavy atom. The number of nitrogens with one attached hydrogen (secondary N) is 1. The molecule has 15 heavy (non-hydrogen) atoms. The molecule has 1 atom stereocenters. The van der Waals surface area contributed by atoms with Gasteiger partial charge in [0.15, 0.2) is 0 Å². The molecule has 3 heteroatoms. The van der Waals surface area contributed by atoms with E-state index in [1.807, 2.05) is 30.9 Å². The van der Waals surface area contributed by atoms with Crippen LogP contribution in [0.5, 0.6) is 5.75 Å². The quantitative estimate of drug-likeness (QED) is 0.752. The lowest BCUT2D eigenvalue weighted by Crippen LogP contribution is -2.21. The summed E-state index contributed by atoms with van der Waals surface area (Å²) in [5, 5.41) is 3.24. The monoisotopic (exact) mass is 225 g/mol. The van der Waals surface area contributed by atoms with Crippen molar-refractivity contribution in [2.24, 2.45) is 0 Å². The molecule has 0 radical (unpaired) electrons. The summed E-state index contributed by atoms with van der Waals surface area (Å²) in [5.74, 6) is 2.07. The van der Waals surface area contributed by atoms with E-state index in [1.165, 1.54) is 11.3 Å². The van der Waals surface area contributed by atoms with Gasteiger partial charge < -0.3 is 10.1 Å². The molecule has 0 saturated heterocycles. The maximum absolute atomic E-state index is 5.18. The minimum Gasteiger partial charge on any atom is -0.497 e. The van der Waals surface area contributed by atoms with Crippen molar-refractivity contribution in [3.05, 3.63) is 24.3 Å². The summed E-state index contributed by atoms with van der Waals surface area (Å²) in [6.07, 6.45) is 1.18. The number of rotatable bonds is 6. The molecule has 0 heterocycles. The van der Waals surface area contributed by atoms with Crippen molar-refractivity contribution in [1.82, 2.24) is 5.32 Å². The second kappa shape index (κ2) is 6.75. The van der Waals surface area contributed by atoms with Crippen molar-refractivity contribution in [3.8, 4) is 5.75 Å². The van der Waals surface area contributed by atoms with Gasteiger partial charge >= 0.3 is 0 Å². The van der Waals surface area contributed by atoms with Crippen LogP contribution >= 0.6 is 11.8 Å². The second-order valence-corrected chi connectivity index (χ2v) is 4.67. The first-order chi connectivity index (χ1) is 7.26. The Morgan fingerprint density at radius 2 is 2.27 bits per heavy atom. The Bertz CT molecular complexity index is 291. The maximum Gasteiger partial charge on any atom is 0.119 e. The van der Waals surface area contributed by atoms with E-state index < -0.39 is 0 Å². The molecule has 0 aliphatic carbocycles. The summed E-state index contributed by atoms with van der Waals surface area (Å²) in [7, 11) is 3.70. The normalized spacial score (nSPS) is 12.5. The number of methoxy groups -OCH3 is 1. The SMILES string of the molecule is CNC(C)CCSc1cccc(OC)c1. The summed E-state index contributed by atoms with van der Waals surface area (Å²) < 4.78 is 5.18. The first-order valence-corrected chi connectivity index (χ1v) is 6.19. The first kappa shape index (κ1) is 12.4. The zero-order chi connectivity index (χ0) is 11.1. The molecule has 1 aromatic rings. The maximum atomic E-state index is 5.18. The lowest BCUT2D eigenvalue weighted by Gasteiger charge is -2.09. The van der Waals surface area contributed by atoms with E-state index in [9.17, 15) is 0 Å². The standard InChI is InChI=1S/C12H19NOS/c1-10(13-2)7-8-15-12-6-4-5-11(9-12)14-3/h4-6,9-10,13H,7-8H2,1-3H3. The van der Waals surface area contributed by atoms with Gasteiger partial charge in [0.05, 0.1) is 7.11 Å². The van der Waals surface area contributed by atoms with E-state index in [0.717, 1.165) is 11.5 Å². The van der Waals surface area contributed by atoms with Gasteiger partial charge in [-0.3, -0.25) is 0 Å². The molecule has 0 spiro atoms. The van der Waals surface area contributed by atoms with Crippen molar-refractivity contribution in [2.75, 3.05) is 19.9 Å². The Morgan fingerprint density at radius 3 is 2.93 bits per heavy atom. The molecule has 1 rings (SSSR count). The van der Waals surface area contributed by atoms with Crippen LogP contribution < -0.4 is 10.1 Å². The molecule has 0 aliphatic heterocycles. The Labute approximate surface area is 96.4 Å². The van der Waals surface area contributed by atoms with E-state index in [-0.39, 0.29) is 0 Å². The highest BCUT2D eigenvalue weighted by molar-refractivity contribution is 7.99. The highest BCUT2D eigenvalue weighted by Gasteiger charge is 2.00. The average Bonchev–Trinajstić information content (AvgIpc) is 2.29. The smallest absolute Gasteiger partial charge is 0.119 e. The first-order valence-electron chi connectivity index (χ1n) is 5.20. The zero-order valence-electron chi connectivity index (χ0n) is 9.62. The van der Waals surface area contributed by atoms with Gasteiger partial charge in [0.25, 0.3) is 0 Å².